The average Bonchev–Trinajstić information content (AvgIpc) is 3.20. The van der Waals surface area contributed by atoms with Crippen LogP contribution in [0.2, 0.25) is 0 Å². The molecule has 24 heavy (non-hydrogen) atoms. The van der Waals surface area contributed by atoms with Gasteiger partial charge in [-0.15, -0.1) is 22.7 Å². The van der Waals surface area contributed by atoms with E-state index in [9.17, 15) is 8.42 Å². The fourth-order valence-electron chi connectivity index (χ4n) is 2.16. The molecule has 0 unspecified atom stereocenters. The van der Waals surface area contributed by atoms with Crippen molar-refractivity contribution in [1.29, 1.82) is 0 Å². The molecule has 0 aromatic carbocycles. The van der Waals surface area contributed by atoms with Gasteiger partial charge in [-0.05, 0) is 48.0 Å². The molecule has 0 saturated heterocycles. The van der Waals surface area contributed by atoms with Crippen molar-refractivity contribution in [2.24, 2.45) is 0 Å². The Bertz CT molecular complexity index is 958. The number of hydrogen-bond acceptors (Lipinski definition) is 6. The van der Waals surface area contributed by atoms with Crippen molar-refractivity contribution in [2.75, 3.05) is 6.54 Å². The summed E-state index contributed by atoms with van der Waals surface area (Å²) < 4.78 is 29.8. The molecule has 3 heterocycles. The molecule has 0 saturated carbocycles. The van der Waals surface area contributed by atoms with Gasteiger partial charge < -0.3 is 0 Å². The third kappa shape index (κ3) is 3.94. The summed E-state index contributed by atoms with van der Waals surface area (Å²) in [5.41, 5.74) is 2.81. The van der Waals surface area contributed by atoms with Crippen LogP contribution < -0.4 is 4.72 Å². The van der Waals surface area contributed by atoms with Gasteiger partial charge in [0.2, 0.25) is 15.2 Å². The second kappa shape index (κ2) is 7.04. The average molecular weight is 447 g/mol. The molecule has 0 aliphatic heterocycles. The molecule has 128 valence electrons. The smallest absolute Gasteiger partial charge is 0.223 e. The Morgan fingerprint density at radius 1 is 1.33 bits per heavy atom. The highest BCUT2D eigenvalue weighted by atomic mass is 79.9. The van der Waals surface area contributed by atoms with Crippen LogP contribution >= 0.6 is 38.6 Å². The van der Waals surface area contributed by atoms with Crippen molar-refractivity contribution in [1.82, 2.24) is 19.5 Å². The van der Waals surface area contributed by atoms with Gasteiger partial charge in [0.25, 0.3) is 0 Å². The minimum absolute atomic E-state index is 0.302. The highest BCUT2D eigenvalue weighted by Gasteiger charge is 2.16. The van der Waals surface area contributed by atoms with Gasteiger partial charge >= 0.3 is 0 Å². The zero-order valence-electron chi connectivity index (χ0n) is 13.0. The molecular weight excluding hydrogens is 432 g/mol. The summed E-state index contributed by atoms with van der Waals surface area (Å²) in [6.45, 7) is 4.22. The number of nitrogens with zero attached hydrogens (tertiary/aromatic N) is 3. The number of aromatic nitrogens is 3. The zero-order valence-corrected chi connectivity index (χ0v) is 17.0. The fourth-order valence-corrected chi connectivity index (χ4v) is 6.11. The summed E-state index contributed by atoms with van der Waals surface area (Å²) in [6.07, 6.45) is 0.529. The minimum atomic E-state index is -3.46. The molecule has 3 aromatic heterocycles. The maximum Gasteiger partial charge on any atom is 0.250 e. The Labute approximate surface area is 156 Å². The molecule has 3 rings (SSSR count). The Morgan fingerprint density at radius 2 is 2.12 bits per heavy atom. The lowest BCUT2D eigenvalue weighted by atomic mass is 10.3. The number of sulfonamides is 1. The number of thiazole rings is 1. The van der Waals surface area contributed by atoms with Gasteiger partial charge in [0.15, 0.2) is 0 Å². The van der Waals surface area contributed by atoms with Crippen LogP contribution in [0.15, 0.2) is 31.6 Å². The summed E-state index contributed by atoms with van der Waals surface area (Å²) in [6, 6.07) is 5.30. The normalized spacial score (nSPS) is 12.0. The molecule has 0 aliphatic carbocycles. The molecular formula is C14H15BrN4O2S3. The van der Waals surface area contributed by atoms with Crippen LogP contribution in [0.3, 0.4) is 0 Å². The van der Waals surface area contributed by atoms with E-state index in [-0.39, 0.29) is 0 Å². The molecule has 0 atom stereocenters. The summed E-state index contributed by atoms with van der Waals surface area (Å²) in [5, 5.41) is 7.13. The third-order valence-electron chi connectivity index (χ3n) is 3.22. The predicted octanol–water partition coefficient (Wildman–Crippen LogP) is 3.29. The zero-order chi connectivity index (χ0) is 17.3. The standard InChI is InChI=1S/C14H15BrN4O2S3/c1-9-7-10(2)19(18-9)14-17-11(8-22-14)5-6-16-24(20,21)13-4-3-12(15)23-13/h3-4,7-8,16H,5-6H2,1-2H3. The first-order valence-electron chi connectivity index (χ1n) is 7.08. The van der Waals surface area contributed by atoms with Crippen molar-refractivity contribution < 1.29 is 8.42 Å². The van der Waals surface area contributed by atoms with Gasteiger partial charge in [0.05, 0.1) is 15.2 Å². The lowest BCUT2D eigenvalue weighted by Crippen LogP contribution is -2.25. The van der Waals surface area contributed by atoms with Crippen LogP contribution in [-0.2, 0) is 16.4 Å². The molecule has 0 fully saturated rings. The Kier molecular flexibility index (Phi) is 5.21. The molecule has 1 N–H and O–H groups in total. The SMILES string of the molecule is Cc1cc(C)n(-c2nc(CCNS(=O)(=O)c3ccc(Br)s3)cs2)n1. The highest BCUT2D eigenvalue weighted by Crippen LogP contribution is 2.25. The van der Waals surface area contributed by atoms with Gasteiger partial charge in [-0.1, -0.05) is 0 Å². The predicted molar refractivity (Wildman–Crippen MR) is 99.6 cm³/mol. The van der Waals surface area contributed by atoms with Crippen LogP contribution in [-0.4, -0.2) is 29.7 Å². The van der Waals surface area contributed by atoms with Gasteiger partial charge in [-0.3, -0.25) is 0 Å². The van der Waals surface area contributed by atoms with Crippen LogP contribution in [0.5, 0.6) is 0 Å². The summed E-state index contributed by atoms with van der Waals surface area (Å²) in [4.78, 5) is 4.53. The second-order valence-corrected chi connectivity index (χ2v) is 10.5. The number of rotatable bonds is 6. The van der Waals surface area contributed by atoms with Crippen molar-refractivity contribution >= 4 is 48.6 Å². The molecule has 3 aromatic rings. The van der Waals surface area contributed by atoms with E-state index in [0.29, 0.717) is 17.2 Å². The summed E-state index contributed by atoms with van der Waals surface area (Å²) in [5.74, 6) is 0. The first-order valence-corrected chi connectivity index (χ1v) is 11.1. The second-order valence-electron chi connectivity index (χ2n) is 5.17. The van der Waals surface area contributed by atoms with Crippen LogP contribution in [0.25, 0.3) is 5.13 Å². The van der Waals surface area contributed by atoms with E-state index in [4.69, 9.17) is 0 Å². The minimum Gasteiger partial charge on any atom is -0.223 e. The quantitative estimate of drug-likeness (QED) is 0.629. The molecule has 0 radical (unpaired) electrons. The first kappa shape index (κ1) is 17.7. The lowest BCUT2D eigenvalue weighted by Gasteiger charge is -2.03. The Hall–Kier alpha value is -1.07. The van der Waals surface area contributed by atoms with Crippen molar-refractivity contribution in [2.45, 2.75) is 24.5 Å². The Morgan fingerprint density at radius 3 is 2.75 bits per heavy atom. The lowest BCUT2D eigenvalue weighted by molar-refractivity contribution is 0.583. The van der Waals surface area contributed by atoms with E-state index in [2.05, 4.69) is 30.7 Å². The maximum atomic E-state index is 12.2. The summed E-state index contributed by atoms with van der Waals surface area (Å²) in [7, 11) is -3.46. The van der Waals surface area contributed by atoms with Gasteiger partial charge in [-0.2, -0.15) is 5.10 Å². The monoisotopic (exact) mass is 446 g/mol. The van der Waals surface area contributed by atoms with E-state index in [1.807, 2.05) is 25.3 Å². The van der Waals surface area contributed by atoms with Gasteiger partial charge in [0.1, 0.15) is 4.21 Å². The van der Waals surface area contributed by atoms with E-state index in [1.54, 1.807) is 16.8 Å². The number of thiophene rings is 1. The number of aryl methyl sites for hydroxylation is 2. The van der Waals surface area contributed by atoms with Gasteiger partial charge in [0, 0.05) is 24.0 Å². The Balaban J connectivity index is 1.63. The topological polar surface area (TPSA) is 76.9 Å². The number of halogens is 1. The molecule has 6 nitrogen and oxygen atoms in total. The maximum absolute atomic E-state index is 12.2. The molecule has 0 amide bonds. The molecule has 0 aliphatic rings. The molecule has 10 heteroatoms. The largest absolute Gasteiger partial charge is 0.250 e. The van der Waals surface area contributed by atoms with E-state index < -0.39 is 10.0 Å². The molecule has 0 spiro atoms. The number of hydrogen-bond donors (Lipinski definition) is 1. The van der Waals surface area contributed by atoms with Crippen LogP contribution in [0.4, 0.5) is 0 Å². The fraction of sp³-hybridized carbons (Fsp3) is 0.286. The van der Waals surface area contributed by atoms with Crippen LogP contribution in [0.1, 0.15) is 17.1 Å². The highest BCUT2D eigenvalue weighted by molar-refractivity contribution is 9.11. The van der Waals surface area contributed by atoms with Crippen LogP contribution in [0, 0.1) is 13.8 Å². The van der Waals surface area contributed by atoms with Gasteiger partial charge in [-0.25, -0.2) is 22.8 Å². The number of nitrogens with one attached hydrogen (secondary N) is 1. The molecule has 0 bridgehead atoms. The summed E-state index contributed by atoms with van der Waals surface area (Å²) >= 11 is 5.95. The van der Waals surface area contributed by atoms with E-state index in [1.165, 1.54) is 22.7 Å². The van der Waals surface area contributed by atoms with Crippen molar-refractivity contribution in [3.8, 4) is 5.13 Å². The van der Waals surface area contributed by atoms with E-state index in [0.717, 1.165) is 26.0 Å². The third-order valence-corrected chi connectivity index (χ3v) is 7.66. The van der Waals surface area contributed by atoms with Crippen molar-refractivity contribution in [3.63, 3.8) is 0 Å². The first-order chi connectivity index (χ1) is 11.3. The van der Waals surface area contributed by atoms with E-state index >= 15 is 0 Å². The van der Waals surface area contributed by atoms with Crippen molar-refractivity contribution in [3.05, 3.63) is 44.4 Å².